The predicted molar refractivity (Wildman–Crippen MR) is 235 cm³/mol. The molecule has 0 aliphatic heterocycles. The molecule has 4 heteroatoms. The monoisotopic (exact) mass is 719 g/mol. The van der Waals surface area contributed by atoms with E-state index in [2.05, 4.69) is 191 Å². The maximum Gasteiger partial charge on any atom is 0.0789 e. The molecule has 1 aliphatic carbocycles. The van der Waals surface area contributed by atoms with Crippen molar-refractivity contribution in [2.75, 3.05) is 4.90 Å². The molecule has 4 aromatic heterocycles. The summed E-state index contributed by atoms with van der Waals surface area (Å²) in [6, 6.07) is 61.4. The zero-order valence-corrected chi connectivity index (χ0v) is 31.2. The number of fused-ring (bicyclic) bond motifs is 15. The molecule has 0 spiro atoms. The largest absolute Gasteiger partial charge is 0.310 e. The molecule has 0 N–H and O–H groups in total. The van der Waals surface area contributed by atoms with Gasteiger partial charge in [-0.2, -0.15) is 0 Å². The topological polar surface area (TPSA) is 12.1 Å². The molecule has 8 aromatic carbocycles. The molecule has 3 nitrogen and oxygen atoms in total. The van der Waals surface area contributed by atoms with Crippen LogP contribution in [0.4, 0.5) is 17.1 Å². The van der Waals surface area contributed by atoms with Crippen LogP contribution in [0.5, 0.6) is 0 Å². The molecule has 0 saturated carbocycles. The molecule has 0 bridgehead atoms. The van der Waals surface area contributed by atoms with Gasteiger partial charge in [-0.05, 0) is 89.0 Å². The fraction of sp³-hybridized carbons (Fsp3) is 0.0588. The SMILES string of the molecule is CC1(C)c2ccccc2-c2ccc(N(c3ccc4sc5ccccc5c4c3)c3ccc4c(c3)n3c5ccccc5c5ccc6c7ccccc7n4c6c53)cc21. The van der Waals surface area contributed by atoms with Crippen LogP contribution in [0.2, 0.25) is 0 Å². The Balaban J connectivity index is 1.14. The number of hydrogen-bond donors (Lipinski definition) is 0. The van der Waals surface area contributed by atoms with Crippen molar-refractivity contribution in [3.8, 4) is 11.1 Å². The molecule has 55 heavy (non-hydrogen) atoms. The van der Waals surface area contributed by atoms with Gasteiger partial charge in [0.05, 0.1) is 33.1 Å². The average Bonchev–Trinajstić information content (AvgIpc) is 3.94. The van der Waals surface area contributed by atoms with Gasteiger partial charge in [-0.25, -0.2) is 0 Å². The molecule has 0 unspecified atom stereocenters. The summed E-state index contributed by atoms with van der Waals surface area (Å²) in [4.78, 5) is 2.48. The fourth-order valence-electron chi connectivity index (χ4n) is 10.2. The zero-order chi connectivity index (χ0) is 36.2. The number of anilines is 3. The summed E-state index contributed by atoms with van der Waals surface area (Å²) in [5.74, 6) is 0. The summed E-state index contributed by atoms with van der Waals surface area (Å²) < 4.78 is 7.66. The molecule has 4 heterocycles. The van der Waals surface area contributed by atoms with Crippen molar-refractivity contribution < 1.29 is 0 Å². The van der Waals surface area contributed by atoms with E-state index in [1.165, 1.54) is 97.1 Å². The maximum atomic E-state index is 2.53. The smallest absolute Gasteiger partial charge is 0.0789 e. The van der Waals surface area contributed by atoms with Gasteiger partial charge in [0.25, 0.3) is 0 Å². The Morgan fingerprint density at radius 1 is 0.400 bits per heavy atom. The van der Waals surface area contributed by atoms with E-state index in [1.54, 1.807) is 0 Å². The number of hydrogen-bond acceptors (Lipinski definition) is 2. The molecule has 0 saturated heterocycles. The highest BCUT2D eigenvalue weighted by atomic mass is 32.1. The average molecular weight is 720 g/mol. The fourth-order valence-corrected chi connectivity index (χ4v) is 11.2. The van der Waals surface area contributed by atoms with Crippen molar-refractivity contribution in [2.45, 2.75) is 19.3 Å². The number of para-hydroxylation sites is 2. The lowest BCUT2D eigenvalue weighted by molar-refractivity contribution is 0.660. The second-order valence-corrected chi connectivity index (χ2v) is 16.8. The first-order valence-corrected chi connectivity index (χ1v) is 19.9. The first-order valence-electron chi connectivity index (χ1n) is 19.1. The third-order valence-electron chi connectivity index (χ3n) is 12.6. The summed E-state index contributed by atoms with van der Waals surface area (Å²) >= 11 is 1.87. The lowest BCUT2D eigenvalue weighted by Gasteiger charge is -2.28. The number of nitrogens with zero attached hydrogens (tertiary/aromatic N) is 3. The van der Waals surface area contributed by atoms with E-state index in [-0.39, 0.29) is 5.41 Å². The molecule has 0 radical (unpaired) electrons. The van der Waals surface area contributed by atoms with Gasteiger partial charge in [0.15, 0.2) is 0 Å². The van der Waals surface area contributed by atoms with E-state index in [9.17, 15) is 0 Å². The summed E-state index contributed by atoms with van der Waals surface area (Å²) in [6.45, 7) is 4.74. The van der Waals surface area contributed by atoms with Crippen LogP contribution in [0.3, 0.4) is 0 Å². The minimum atomic E-state index is -0.114. The maximum absolute atomic E-state index is 2.53. The van der Waals surface area contributed by atoms with Gasteiger partial charge in [0, 0.05) is 64.2 Å². The quantitative estimate of drug-likeness (QED) is 0.166. The van der Waals surface area contributed by atoms with E-state index in [1.807, 2.05) is 11.3 Å². The Morgan fingerprint density at radius 2 is 0.964 bits per heavy atom. The third kappa shape index (κ3) is 3.75. The second kappa shape index (κ2) is 10.3. The van der Waals surface area contributed by atoms with Crippen LogP contribution < -0.4 is 4.90 Å². The minimum absolute atomic E-state index is 0.114. The van der Waals surface area contributed by atoms with E-state index >= 15 is 0 Å². The molecular weight excluding hydrogens is 687 g/mol. The van der Waals surface area contributed by atoms with Gasteiger partial charge in [-0.1, -0.05) is 111 Å². The molecule has 12 aromatic rings. The van der Waals surface area contributed by atoms with Crippen molar-refractivity contribution >= 4 is 103 Å². The van der Waals surface area contributed by atoms with E-state index in [0.717, 1.165) is 17.1 Å². The summed E-state index contributed by atoms with van der Waals surface area (Å²) in [5.41, 5.74) is 16.2. The predicted octanol–water partition coefficient (Wildman–Crippen LogP) is 14.4. The Hall–Kier alpha value is -6.62. The Kier molecular flexibility index (Phi) is 5.59. The van der Waals surface area contributed by atoms with Gasteiger partial charge in [0.2, 0.25) is 0 Å². The third-order valence-corrected chi connectivity index (χ3v) is 13.8. The summed E-state index contributed by atoms with van der Waals surface area (Å²) in [5, 5.41) is 7.75. The van der Waals surface area contributed by atoms with E-state index in [0.29, 0.717) is 0 Å². The molecule has 1 aliphatic rings. The van der Waals surface area contributed by atoms with Crippen LogP contribution in [-0.2, 0) is 5.41 Å². The van der Waals surface area contributed by atoms with Crippen LogP contribution in [0.1, 0.15) is 25.0 Å². The van der Waals surface area contributed by atoms with Gasteiger partial charge < -0.3 is 13.7 Å². The van der Waals surface area contributed by atoms with E-state index in [4.69, 9.17) is 0 Å². The molecular formula is C51H33N3S. The molecule has 13 rings (SSSR count). The number of thiophene rings is 1. The summed E-state index contributed by atoms with van der Waals surface area (Å²) in [7, 11) is 0. The highest BCUT2D eigenvalue weighted by Crippen LogP contribution is 2.51. The number of benzene rings is 8. The Labute approximate surface area is 320 Å². The lowest BCUT2D eigenvalue weighted by atomic mass is 9.82. The van der Waals surface area contributed by atoms with Gasteiger partial charge in [0.1, 0.15) is 0 Å². The first kappa shape index (κ1) is 29.8. The van der Waals surface area contributed by atoms with Crippen molar-refractivity contribution in [1.82, 2.24) is 8.80 Å². The van der Waals surface area contributed by atoms with Gasteiger partial charge in [-0.15, -0.1) is 11.3 Å². The van der Waals surface area contributed by atoms with Gasteiger partial charge >= 0.3 is 0 Å². The van der Waals surface area contributed by atoms with Crippen molar-refractivity contribution in [1.29, 1.82) is 0 Å². The Bertz CT molecular complexity index is 3590. The number of aromatic nitrogens is 2. The van der Waals surface area contributed by atoms with Crippen LogP contribution in [0.15, 0.2) is 164 Å². The number of rotatable bonds is 3. The molecule has 0 fully saturated rings. The highest BCUT2D eigenvalue weighted by molar-refractivity contribution is 7.25. The zero-order valence-electron chi connectivity index (χ0n) is 30.3. The van der Waals surface area contributed by atoms with E-state index < -0.39 is 0 Å². The second-order valence-electron chi connectivity index (χ2n) is 15.8. The van der Waals surface area contributed by atoms with Crippen molar-refractivity contribution in [2.24, 2.45) is 0 Å². The van der Waals surface area contributed by atoms with Crippen molar-refractivity contribution in [3.63, 3.8) is 0 Å². The molecule has 258 valence electrons. The lowest BCUT2D eigenvalue weighted by Crippen LogP contribution is -2.16. The molecule has 0 atom stereocenters. The molecule has 0 amide bonds. The minimum Gasteiger partial charge on any atom is -0.310 e. The van der Waals surface area contributed by atoms with Crippen LogP contribution >= 0.6 is 11.3 Å². The standard InChI is InChI=1S/C51H33N3S/c1-51(2)41-15-7-3-11-33(41)34-22-19-31(28-42(34)51)52(30-21-26-48-40(27-30)37-14-6-10-18-47(37)55-48)32-20-25-45-46(29-32)54-44-17-9-5-13-36(44)39-24-23-38-35-12-4-8-16-43(35)53(45)49(38)50(39)54/h3-29H,1-2H3. The van der Waals surface area contributed by atoms with Crippen LogP contribution in [-0.4, -0.2) is 8.80 Å². The summed E-state index contributed by atoms with van der Waals surface area (Å²) in [6.07, 6.45) is 0. The Morgan fingerprint density at radius 3 is 1.75 bits per heavy atom. The first-order chi connectivity index (χ1) is 27.0. The van der Waals surface area contributed by atoms with Crippen molar-refractivity contribution in [3.05, 3.63) is 175 Å². The van der Waals surface area contributed by atoms with Crippen LogP contribution in [0.25, 0.3) is 85.9 Å². The highest BCUT2D eigenvalue weighted by Gasteiger charge is 2.36. The normalized spacial score (nSPS) is 13.8. The van der Waals surface area contributed by atoms with Gasteiger partial charge in [-0.3, -0.25) is 0 Å². The van der Waals surface area contributed by atoms with Crippen LogP contribution in [0, 0.1) is 0 Å².